The molecule has 1 aromatic carbocycles. The Hall–Kier alpha value is -2.24. The van der Waals surface area contributed by atoms with E-state index in [0.29, 0.717) is 5.89 Å². The first-order chi connectivity index (χ1) is 8.65. The Labute approximate surface area is 104 Å². The largest absolute Gasteiger partial charge is 0.465 e. The second-order valence-electron chi connectivity index (χ2n) is 4.44. The van der Waals surface area contributed by atoms with Crippen LogP contribution in [-0.2, 0) is 0 Å². The number of likely N-dealkylation sites (N-methyl/N-ethyl adjacent to an activating group) is 2. The van der Waals surface area contributed by atoms with Crippen molar-refractivity contribution >= 4 is 11.4 Å². The zero-order valence-electron chi connectivity index (χ0n) is 10.3. The number of benzene rings is 1. The monoisotopic (exact) mass is 246 g/mol. The summed E-state index contributed by atoms with van der Waals surface area (Å²) in [6.07, 6.45) is -0.409. The van der Waals surface area contributed by atoms with E-state index in [9.17, 15) is 0 Å². The van der Waals surface area contributed by atoms with Gasteiger partial charge in [-0.2, -0.15) is 0 Å². The van der Waals surface area contributed by atoms with Crippen molar-refractivity contribution in [3.63, 3.8) is 0 Å². The van der Waals surface area contributed by atoms with Crippen LogP contribution in [0.4, 0.5) is 11.4 Å². The Morgan fingerprint density at radius 3 is 2.50 bits per heavy atom. The van der Waals surface area contributed by atoms with Crippen LogP contribution >= 0.6 is 0 Å². The van der Waals surface area contributed by atoms with Crippen LogP contribution in [-0.4, -0.2) is 42.5 Å². The average molecular weight is 246 g/mol. The topological polar surface area (TPSA) is 65.6 Å². The van der Waals surface area contributed by atoms with Crippen molar-refractivity contribution in [2.45, 2.75) is 0 Å². The fourth-order valence-corrected chi connectivity index (χ4v) is 2.16. The minimum absolute atomic E-state index is 0.330. The molecule has 0 saturated heterocycles. The van der Waals surface area contributed by atoms with Gasteiger partial charge in [0.15, 0.2) is 0 Å². The molecule has 0 spiro atoms. The molecule has 2 aromatic rings. The number of hydrogen-bond donors (Lipinski definition) is 1. The number of nitrogens with zero attached hydrogens (tertiary/aromatic N) is 4. The number of aromatic nitrogens is 2. The van der Waals surface area contributed by atoms with E-state index in [4.69, 9.17) is 9.52 Å². The second kappa shape index (κ2) is 3.90. The number of rotatable bonds is 1. The van der Waals surface area contributed by atoms with Gasteiger partial charge in [-0.25, -0.2) is 0 Å². The van der Waals surface area contributed by atoms with Gasteiger partial charge in [-0.15, -0.1) is 5.10 Å². The van der Waals surface area contributed by atoms with Gasteiger partial charge in [-0.3, -0.25) is 0 Å². The van der Waals surface area contributed by atoms with Gasteiger partial charge >= 0.3 is 6.08 Å². The highest BCUT2D eigenvalue weighted by Gasteiger charge is 2.19. The number of fused-ring (bicyclic) bond motifs is 1. The summed E-state index contributed by atoms with van der Waals surface area (Å²) in [5, 5.41) is 16.3. The van der Waals surface area contributed by atoms with Crippen LogP contribution in [0.15, 0.2) is 22.6 Å². The molecule has 18 heavy (non-hydrogen) atoms. The summed E-state index contributed by atoms with van der Waals surface area (Å²) in [6, 6.07) is 5.95. The summed E-state index contributed by atoms with van der Waals surface area (Å²) in [5.41, 5.74) is 3.11. The lowest BCUT2D eigenvalue weighted by Crippen LogP contribution is -2.36. The molecule has 94 valence electrons. The third kappa shape index (κ3) is 1.66. The van der Waals surface area contributed by atoms with Gasteiger partial charge in [-0.1, -0.05) is 5.10 Å². The van der Waals surface area contributed by atoms with Crippen LogP contribution in [0.2, 0.25) is 0 Å². The summed E-state index contributed by atoms with van der Waals surface area (Å²) in [6.45, 7) is 1.98. The molecule has 0 fully saturated rings. The molecule has 0 unspecified atom stereocenters. The summed E-state index contributed by atoms with van der Waals surface area (Å²) >= 11 is 0. The molecule has 1 aliphatic rings. The van der Waals surface area contributed by atoms with E-state index in [-0.39, 0.29) is 0 Å². The van der Waals surface area contributed by atoms with Crippen molar-refractivity contribution < 1.29 is 9.52 Å². The fourth-order valence-electron chi connectivity index (χ4n) is 2.16. The lowest BCUT2D eigenvalue weighted by Gasteiger charge is -2.34. The third-order valence-corrected chi connectivity index (χ3v) is 3.23. The van der Waals surface area contributed by atoms with E-state index in [1.165, 1.54) is 5.69 Å². The van der Waals surface area contributed by atoms with Gasteiger partial charge < -0.3 is 19.3 Å². The molecule has 0 amide bonds. The Morgan fingerprint density at radius 2 is 1.83 bits per heavy atom. The van der Waals surface area contributed by atoms with Crippen LogP contribution in [0.5, 0.6) is 6.08 Å². The minimum atomic E-state index is -0.409. The maximum absolute atomic E-state index is 9.09. The Kier molecular flexibility index (Phi) is 2.36. The van der Waals surface area contributed by atoms with E-state index in [1.54, 1.807) is 0 Å². The number of hydrogen-bond acceptors (Lipinski definition) is 6. The van der Waals surface area contributed by atoms with Crippen LogP contribution in [0, 0.1) is 0 Å². The number of aromatic hydroxyl groups is 1. The Morgan fingerprint density at radius 1 is 1.11 bits per heavy atom. The van der Waals surface area contributed by atoms with E-state index in [0.717, 1.165) is 24.3 Å². The van der Waals surface area contributed by atoms with Gasteiger partial charge in [0.05, 0.1) is 11.4 Å². The van der Waals surface area contributed by atoms with Crippen LogP contribution in [0.1, 0.15) is 0 Å². The zero-order valence-corrected chi connectivity index (χ0v) is 10.3. The van der Waals surface area contributed by atoms with Crippen molar-refractivity contribution in [1.29, 1.82) is 0 Å². The van der Waals surface area contributed by atoms with Crippen molar-refractivity contribution in [3.05, 3.63) is 18.2 Å². The van der Waals surface area contributed by atoms with Gasteiger partial charge in [0.2, 0.25) is 0 Å². The zero-order chi connectivity index (χ0) is 12.7. The highest BCUT2D eigenvalue weighted by atomic mass is 16.5. The summed E-state index contributed by atoms with van der Waals surface area (Å²) in [7, 11) is 4.13. The van der Waals surface area contributed by atoms with Crippen LogP contribution in [0.25, 0.3) is 11.5 Å². The first kappa shape index (κ1) is 10.9. The average Bonchev–Trinajstić information content (AvgIpc) is 2.80. The van der Waals surface area contributed by atoms with E-state index in [2.05, 4.69) is 34.1 Å². The Balaban J connectivity index is 2.07. The molecule has 0 aliphatic carbocycles. The molecule has 0 bridgehead atoms. The molecule has 0 atom stereocenters. The van der Waals surface area contributed by atoms with Crippen LogP contribution < -0.4 is 9.80 Å². The number of anilines is 2. The van der Waals surface area contributed by atoms with E-state index >= 15 is 0 Å². The van der Waals surface area contributed by atoms with E-state index < -0.39 is 6.08 Å². The summed E-state index contributed by atoms with van der Waals surface area (Å²) in [5.74, 6) is 0.330. The van der Waals surface area contributed by atoms with Gasteiger partial charge in [0.1, 0.15) is 0 Å². The first-order valence-corrected chi connectivity index (χ1v) is 5.74. The highest BCUT2D eigenvalue weighted by Crippen LogP contribution is 2.35. The summed E-state index contributed by atoms with van der Waals surface area (Å²) in [4.78, 5) is 4.40. The van der Waals surface area contributed by atoms with Crippen molar-refractivity contribution in [2.24, 2.45) is 0 Å². The van der Waals surface area contributed by atoms with Crippen molar-refractivity contribution in [3.8, 4) is 17.5 Å². The molecule has 1 N–H and O–H groups in total. The molecular weight excluding hydrogens is 232 g/mol. The van der Waals surface area contributed by atoms with E-state index in [1.807, 2.05) is 18.2 Å². The first-order valence-electron chi connectivity index (χ1n) is 5.74. The Bertz CT molecular complexity index is 581. The molecule has 0 saturated carbocycles. The molecule has 6 heteroatoms. The predicted octanol–water partition coefficient (Wildman–Crippen LogP) is 1.33. The second-order valence-corrected chi connectivity index (χ2v) is 4.44. The normalized spacial score (nSPS) is 14.8. The summed E-state index contributed by atoms with van der Waals surface area (Å²) < 4.78 is 5.02. The third-order valence-electron chi connectivity index (χ3n) is 3.23. The predicted molar refractivity (Wildman–Crippen MR) is 67.9 cm³/mol. The smallest absolute Gasteiger partial charge is 0.412 e. The lowest BCUT2D eigenvalue weighted by atomic mass is 10.1. The molecular formula is C12H14N4O2. The quantitative estimate of drug-likeness (QED) is 0.818. The molecule has 2 heterocycles. The molecule has 6 nitrogen and oxygen atoms in total. The SMILES string of the molecule is CN1CCN(C)c2cc(-c3nnc(O)o3)ccc21. The van der Waals surface area contributed by atoms with Crippen molar-refractivity contribution in [1.82, 2.24) is 10.2 Å². The maximum Gasteiger partial charge on any atom is 0.412 e. The van der Waals surface area contributed by atoms with Gasteiger partial charge in [-0.05, 0) is 18.2 Å². The fraction of sp³-hybridized carbons (Fsp3) is 0.333. The lowest BCUT2D eigenvalue weighted by molar-refractivity contribution is 0.320. The van der Waals surface area contributed by atoms with Gasteiger partial charge in [0.25, 0.3) is 5.89 Å². The maximum atomic E-state index is 9.09. The molecule has 1 aliphatic heterocycles. The van der Waals surface area contributed by atoms with Gasteiger partial charge in [0, 0.05) is 32.7 Å². The molecule has 1 aromatic heterocycles. The van der Waals surface area contributed by atoms with Crippen LogP contribution in [0.3, 0.4) is 0 Å². The molecule has 3 rings (SSSR count). The van der Waals surface area contributed by atoms with Crippen molar-refractivity contribution in [2.75, 3.05) is 37.0 Å². The highest BCUT2D eigenvalue weighted by molar-refractivity contribution is 5.78. The minimum Gasteiger partial charge on any atom is -0.465 e. The standard InChI is InChI=1S/C12H14N4O2/c1-15-5-6-16(2)10-7-8(3-4-9(10)15)11-13-14-12(17)18-11/h3-4,7H,5-6H2,1-2H3,(H,14,17). The molecule has 0 radical (unpaired) electrons.